The fourth-order valence-electron chi connectivity index (χ4n) is 3.74. The van der Waals surface area contributed by atoms with Crippen molar-refractivity contribution in [3.05, 3.63) is 28.3 Å². The summed E-state index contributed by atoms with van der Waals surface area (Å²) >= 11 is 0. The summed E-state index contributed by atoms with van der Waals surface area (Å²) in [5.41, 5.74) is 0.404. The van der Waals surface area contributed by atoms with E-state index < -0.39 is 14.9 Å². The van der Waals surface area contributed by atoms with Crippen molar-refractivity contribution in [3.8, 4) is 0 Å². The molecule has 25 heavy (non-hydrogen) atoms. The third kappa shape index (κ3) is 3.79. The van der Waals surface area contributed by atoms with Crippen LogP contribution in [0.1, 0.15) is 39.0 Å². The zero-order valence-corrected chi connectivity index (χ0v) is 15.4. The van der Waals surface area contributed by atoms with Gasteiger partial charge in [-0.05, 0) is 43.7 Å². The Bertz CT molecular complexity index is 744. The number of hydrogen-bond donors (Lipinski definition) is 0. The molecule has 2 aliphatic rings. The molecular weight excluding hydrogens is 342 g/mol. The van der Waals surface area contributed by atoms with Crippen molar-refractivity contribution in [1.29, 1.82) is 0 Å². The van der Waals surface area contributed by atoms with Gasteiger partial charge in [0.05, 0.1) is 9.82 Å². The van der Waals surface area contributed by atoms with Crippen LogP contribution in [0.15, 0.2) is 23.1 Å². The molecule has 2 fully saturated rings. The summed E-state index contributed by atoms with van der Waals surface area (Å²) in [5.74, 6) is 0.477. The first-order chi connectivity index (χ1) is 11.9. The first-order valence-electron chi connectivity index (χ1n) is 8.93. The second-order valence-corrected chi connectivity index (χ2v) is 9.00. The molecule has 0 radical (unpaired) electrons. The molecule has 8 heteroatoms. The van der Waals surface area contributed by atoms with Crippen molar-refractivity contribution in [2.75, 3.05) is 31.1 Å². The molecule has 0 aromatic heterocycles. The average Bonchev–Trinajstić information content (AvgIpc) is 2.62. The maximum absolute atomic E-state index is 12.8. The van der Waals surface area contributed by atoms with Crippen molar-refractivity contribution < 1.29 is 13.3 Å². The van der Waals surface area contributed by atoms with E-state index in [4.69, 9.17) is 0 Å². The van der Waals surface area contributed by atoms with E-state index in [0.29, 0.717) is 24.7 Å². The molecule has 2 aliphatic heterocycles. The first-order valence-corrected chi connectivity index (χ1v) is 10.4. The summed E-state index contributed by atoms with van der Waals surface area (Å²) in [5, 5.41) is 11.6. The van der Waals surface area contributed by atoms with E-state index in [9.17, 15) is 18.5 Å². The van der Waals surface area contributed by atoms with Gasteiger partial charge in [-0.3, -0.25) is 10.1 Å². The topological polar surface area (TPSA) is 83.8 Å². The molecule has 2 saturated heterocycles. The molecule has 1 aromatic rings. The molecule has 0 bridgehead atoms. The number of benzene rings is 1. The van der Waals surface area contributed by atoms with Gasteiger partial charge in [0.2, 0.25) is 10.0 Å². The minimum absolute atomic E-state index is 0.0231. The Balaban J connectivity index is 1.95. The molecule has 3 rings (SSSR count). The van der Waals surface area contributed by atoms with Crippen molar-refractivity contribution in [1.82, 2.24) is 4.31 Å². The van der Waals surface area contributed by atoms with E-state index in [1.54, 1.807) is 6.07 Å². The van der Waals surface area contributed by atoms with Crippen molar-refractivity contribution in [2.24, 2.45) is 5.92 Å². The van der Waals surface area contributed by atoms with Gasteiger partial charge in [-0.15, -0.1) is 0 Å². The number of rotatable bonds is 4. The summed E-state index contributed by atoms with van der Waals surface area (Å²) in [7, 11) is -3.67. The Labute approximate surface area is 148 Å². The van der Waals surface area contributed by atoms with Crippen LogP contribution in [0.5, 0.6) is 0 Å². The van der Waals surface area contributed by atoms with E-state index in [2.05, 4.69) is 6.92 Å². The van der Waals surface area contributed by atoms with Crippen molar-refractivity contribution in [3.63, 3.8) is 0 Å². The summed E-state index contributed by atoms with van der Waals surface area (Å²) < 4.78 is 27.0. The highest BCUT2D eigenvalue weighted by Gasteiger charge is 2.30. The van der Waals surface area contributed by atoms with Crippen LogP contribution >= 0.6 is 0 Å². The molecule has 2 heterocycles. The Morgan fingerprint density at radius 1 is 1.12 bits per heavy atom. The molecule has 1 atom stereocenters. The first kappa shape index (κ1) is 18.1. The van der Waals surface area contributed by atoms with E-state index in [1.807, 2.05) is 4.90 Å². The maximum atomic E-state index is 12.8. The van der Waals surface area contributed by atoms with Crippen LogP contribution < -0.4 is 4.90 Å². The molecule has 0 amide bonds. The van der Waals surface area contributed by atoms with Gasteiger partial charge >= 0.3 is 0 Å². The fourth-order valence-corrected chi connectivity index (χ4v) is 5.28. The normalized spacial score (nSPS) is 22.8. The molecule has 0 unspecified atom stereocenters. The number of hydrogen-bond acceptors (Lipinski definition) is 5. The number of anilines is 1. The van der Waals surface area contributed by atoms with E-state index in [1.165, 1.54) is 16.4 Å². The predicted octanol–water partition coefficient (Wildman–Crippen LogP) is 3.01. The summed E-state index contributed by atoms with van der Waals surface area (Å²) in [6.07, 6.45) is 4.81. The number of sulfonamides is 1. The van der Waals surface area contributed by atoms with E-state index >= 15 is 0 Å². The monoisotopic (exact) mass is 367 g/mol. The lowest BCUT2D eigenvalue weighted by Crippen LogP contribution is -2.36. The van der Waals surface area contributed by atoms with Gasteiger partial charge in [-0.25, -0.2) is 8.42 Å². The van der Waals surface area contributed by atoms with E-state index in [-0.39, 0.29) is 10.6 Å². The average molecular weight is 367 g/mol. The van der Waals surface area contributed by atoms with Gasteiger partial charge in [0.15, 0.2) is 0 Å². The smallest absolute Gasteiger partial charge is 0.293 e. The summed E-state index contributed by atoms with van der Waals surface area (Å²) in [6.45, 7) is 4.64. The van der Waals surface area contributed by atoms with Crippen LogP contribution in [-0.2, 0) is 10.0 Å². The highest BCUT2D eigenvalue weighted by Crippen LogP contribution is 2.34. The van der Waals surface area contributed by atoms with Crippen molar-refractivity contribution in [2.45, 2.75) is 43.9 Å². The van der Waals surface area contributed by atoms with Gasteiger partial charge in [-0.1, -0.05) is 13.3 Å². The zero-order valence-electron chi connectivity index (χ0n) is 14.6. The van der Waals surface area contributed by atoms with Crippen molar-refractivity contribution >= 4 is 21.4 Å². The second kappa shape index (κ2) is 7.29. The summed E-state index contributed by atoms with van der Waals surface area (Å²) in [4.78, 5) is 13.1. The van der Waals surface area contributed by atoms with Gasteiger partial charge in [0, 0.05) is 32.2 Å². The number of nitrogens with zero attached hydrogens (tertiary/aromatic N) is 3. The van der Waals surface area contributed by atoms with Crippen LogP contribution in [0.25, 0.3) is 0 Å². The predicted molar refractivity (Wildman–Crippen MR) is 96.3 cm³/mol. The SMILES string of the molecule is C[C@H]1CCCN(c2ccc(S(=O)(=O)N3CCCCC3)cc2[N+](=O)[O-])C1. The highest BCUT2D eigenvalue weighted by molar-refractivity contribution is 7.89. The largest absolute Gasteiger partial charge is 0.366 e. The highest BCUT2D eigenvalue weighted by atomic mass is 32.2. The lowest BCUT2D eigenvalue weighted by Gasteiger charge is -2.32. The molecule has 138 valence electrons. The molecule has 0 saturated carbocycles. The Morgan fingerprint density at radius 3 is 2.48 bits per heavy atom. The van der Waals surface area contributed by atoms with Gasteiger partial charge in [0.25, 0.3) is 5.69 Å². The molecule has 1 aromatic carbocycles. The minimum Gasteiger partial charge on any atom is -0.366 e. The molecule has 0 N–H and O–H groups in total. The van der Waals surface area contributed by atoms with Crippen LogP contribution in [-0.4, -0.2) is 43.8 Å². The third-order valence-electron chi connectivity index (χ3n) is 5.09. The Kier molecular flexibility index (Phi) is 5.29. The number of piperidine rings is 2. The third-order valence-corrected chi connectivity index (χ3v) is 6.99. The lowest BCUT2D eigenvalue weighted by molar-refractivity contribution is -0.384. The van der Waals surface area contributed by atoms with Crippen LogP contribution in [0.3, 0.4) is 0 Å². The molecule has 0 aliphatic carbocycles. The van der Waals surface area contributed by atoms with E-state index in [0.717, 1.165) is 45.2 Å². The zero-order chi connectivity index (χ0) is 18.0. The van der Waals surface area contributed by atoms with Crippen LogP contribution in [0.2, 0.25) is 0 Å². The quantitative estimate of drug-likeness (QED) is 0.603. The molecule has 7 nitrogen and oxygen atoms in total. The maximum Gasteiger partial charge on any atom is 0.293 e. The van der Waals surface area contributed by atoms with Crippen LogP contribution in [0.4, 0.5) is 11.4 Å². The van der Waals surface area contributed by atoms with Gasteiger partial charge < -0.3 is 4.90 Å². The van der Waals surface area contributed by atoms with Gasteiger partial charge in [0.1, 0.15) is 5.69 Å². The fraction of sp³-hybridized carbons (Fsp3) is 0.647. The Hall–Kier alpha value is -1.67. The number of nitro benzene ring substituents is 1. The Morgan fingerprint density at radius 2 is 1.84 bits per heavy atom. The molecule has 0 spiro atoms. The standard InChI is InChI=1S/C17H25N3O4S/c1-14-6-5-9-18(13-14)16-8-7-15(12-17(16)20(21)22)25(23,24)19-10-3-2-4-11-19/h7-8,12,14H,2-6,9-11,13H2,1H3/t14-/m0/s1. The summed E-state index contributed by atoms with van der Waals surface area (Å²) in [6, 6.07) is 4.36. The molecular formula is C17H25N3O4S. The second-order valence-electron chi connectivity index (χ2n) is 7.07. The van der Waals surface area contributed by atoms with Crippen LogP contribution in [0, 0.1) is 16.0 Å². The number of nitro groups is 1. The minimum atomic E-state index is -3.67. The lowest BCUT2D eigenvalue weighted by atomic mass is 9.99. The van der Waals surface area contributed by atoms with Gasteiger partial charge in [-0.2, -0.15) is 4.31 Å².